The maximum absolute atomic E-state index is 12.7. The number of hydrogen-bond acceptors (Lipinski definition) is 6. The highest BCUT2D eigenvalue weighted by molar-refractivity contribution is 7.92. The largest absolute Gasteiger partial charge is 0.274 e. The van der Waals surface area contributed by atoms with Gasteiger partial charge in [-0.15, -0.1) is 0 Å². The van der Waals surface area contributed by atoms with Crippen LogP contribution in [0.2, 0.25) is 0 Å². The quantitative estimate of drug-likeness (QED) is 0.682. The molecule has 1 unspecified atom stereocenters. The van der Waals surface area contributed by atoms with Crippen molar-refractivity contribution in [2.75, 3.05) is 23.5 Å². The Morgan fingerprint density at radius 1 is 1.08 bits per heavy atom. The van der Waals surface area contributed by atoms with E-state index in [0.29, 0.717) is 5.69 Å². The Morgan fingerprint density at radius 2 is 1.64 bits per heavy atom. The van der Waals surface area contributed by atoms with Crippen LogP contribution in [0.15, 0.2) is 29.2 Å². The Morgan fingerprint density at radius 3 is 2.12 bits per heavy atom. The number of sulfonamides is 1. The van der Waals surface area contributed by atoms with Gasteiger partial charge in [0.05, 0.1) is 22.1 Å². The fraction of sp³-hybridized carbons (Fsp3) is 0.467. The van der Waals surface area contributed by atoms with Crippen LogP contribution in [0.4, 0.5) is 5.69 Å². The average molecular weight is 386 g/mol. The van der Waals surface area contributed by atoms with Gasteiger partial charge >= 0.3 is 0 Å². The zero-order valence-electron chi connectivity index (χ0n) is 13.6. The summed E-state index contributed by atoms with van der Waals surface area (Å²) >= 11 is 0. The highest BCUT2D eigenvalue weighted by Gasteiger charge is 2.37. The van der Waals surface area contributed by atoms with E-state index in [1.54, 1.807) is 0 Å². The zero-order valence-corrected chi connectivity index (χ0v) is 15.2. The first-order valence-electron chi connectivity index (χ1n) is 7.76. The Hall–Kier alpha value is -1.78. The van der Waals surface area contributed by atoms with Crippen molar-refractivity contribution in [1.82, 2.24) is 4.31 Å². The predicted octanol–water partition coefficient (Wildman–Crippen LogP) is 0.148. The smallest absolute Gasteiger partial charge is 0.243 e. The number of rotatable bonds is 4. The van der Waals surface area contributed by atoms with E-state index >= 15 is 0 Å². The van der Waals surface area contributed by atoms with E-state index in [9.17, 15) is 26.4 Å². The molecule has 0 aromatic heterocycles. The maximum Gasteiger partial charge on any atom is 0.243 e. The van der Waals surface area contributed by atoms with Gasteiger partial charge in [0, 0.05) is 25.9 Å². The molecule has 136 valence electrons. The number of amides is 2. The van der Waals surface area contributed by atoms with Crippen LogP contribution in [0.25, 0.3) is 0 Å². The Bertz CT molecular complexity index is 905. The molecule has 1 aromatic carbocycles. The van der Waals surface area contributed by atoms with Crippen LogP contribution in [-0.4, -0.2) is 57.6 Å². The van der Waals surface area contributed by atoms with E-state index < -0.39 is 25.9 Å². The standard InChI is InChI=1S/C15H18N2O6S2/c1-16(12-8-9-24(20,21)10-12)25(22,23)13-4-2-11(3-5-13)17-14(18)6-7-15(17)19/h2-5,12H,6-10H2,1H3. The van der Waals surface area contributed by atoms with Crippen LogP contribution in [0.5, 0.6) is 0 Å². The normalized spacial score (nSPS) is 23.6. The van der Waals surface area contributed by atoms with Crippen LogP contribution in [0.3, 0.4) is 0 Å². The lowest BCUT2D eigenvalue weighted by molar-refractivity contribution is -0.121. The number of sulfone groups is 1. The third kappa shape index (κ3) is 3.33. The van der Waals surface area contributed by atoms with Crippen molar-refractivity contribution in [2.45, 2.75) is 30.2 Å². The van der Waals surface area contributed by atoms with Gasteiger partial charge in [-0.2, -0.15) is 4.31 Å². The van der Waals surface area contributed by atoms with E-state index in [-0.39, 0.29) is 47.5 Å². The molecule has 3 rings (SSSR count). The van der Waals surface area contributed by atoms with Crippen molar-refractivity contribution in [2.24, 2.45) is 0 Å². The lowest BCUT2D eigenvalue weighted by atomic mass is 10.3. The summed E-state index contributed by atoms with van der Waals surface area (Å²) in [6.45, 7) is 0. The molecular weight excluding hydrogens is 368 g/mol. The molecule has 2 amide bonds. The maximum atomic E-state index is 12.7. The van der Waals surface area contributed by atoms with Gasteiger partial charge in [0.15, 0.2) is 9.84 Å². The van der Waals surface area contributed by atoms with Gasteiger partial charge in [-0.1, -0.05) is 0 Å². The van der Waals surface area contributed by atoms with E-state index in [1.807, 2.05) is 0 Å². The topological polar surface area (TPSA) is 109 Å². The summed E-state index contributed by atoms with van der Waals surface area (Å²) in [5.41, 5.74) is 0.331. The third-order valence-corrected chi connectivity index (χ3v) is 8.22. The molecule has 1 aromatic rings. The van der Waals surface area contributed by atoms with E-state index in [4.69, 9.17) is 0 Å². The van der Waals surface area contributed by atoms with Gasteiger partial charge < -0.3 is 0 Å². The van der Waals surface area contributed by atoms with Crippen LogP contribution < -0.4 is 4.90 Å². The van der Waals surface area contributed by atoms with E-state index in [0.717, 1.165) is 9.21 Å². The second-order valence-corrected chi connectivity index (χ2v) is 10.4. The van der Waals surface area contributed by atoms with Crippen molar-refractivity contribution in [1.29, 1.82) is 0 Å². The first-order valence-corrected chi connectivity index (χ1v) is 11.0. The van der Waals surface area contributed by atoms with Gasteiger partial charge in [0.25, 0.3) is 0 Å². The molecule has 2 saturated heterocycles. The minimum atomic E-state index is -3.86. The molecule has 2 heterocycles. The highest BCUT2D eigenvalue weighted by Crippen LogP contribution is 2.27. The summed E-state index contributed by atoms with van der Waals surface area (Å²) in [5.74, 6) is -0.824. The summed E-state index contributed by atoms with van der Waals surface area (Å²) < 4.78 is 49.6. The van der Waals surface area contributed by atoms with E-state index in [1.165, 1.54) is 31.3 Å². The lowest BCUT2D eigenvalue weighted by Crippen LogP contribution is -2.37. The number of benzene rings is 1. The summed E-state index contributed by atoms with van der Waals surface area (Å²) in [4.78, 5) is 24.5. The molecule has 2 fully saturated rings. The number of imide groups is 1. The van der Waals surface area contributed by atoms with Crippen molar-refractivity contribution in [3.8, 4) is 0 Å². The zero-order chi connectivity index (χ0) is 18.4. The fourth-order valence-corrected chi connectivity index (χ4v) is 6.31. The number of anilines is 1. The van der Waals surface area contributed by atoms with Crippen LogP contribution in [0.1, 0.15) is 19.3 Å². The molecule has 0 N–H and O–H groups in total. The molecular formula is C15H18N2O6S2. The van der Waals surface area contributed by atoms with Crippen molar-refractivity contribution in [3.05, 3.63) is 24.3 Å². The molecule has 10 heteroatoms. The minimum Gasteiger partial charge on any atom is -0.274 e. The van der Waals surface area contributed by atoms with Gasteiger partial charge in [0.1, 0.15) is 0 Å². The minimum absolute atomic E-state index is 0.0119. The van der Waals surface area contributed by atoms with Crippen molar-refractivity contribution in [3.63, 3.8) is 0 Å². The van der Waals surface area contributed by atoms with Crippen LogP contribution in [-0.2, 0) is 29.4 Å². The molecule has 0 radical (unpaired) electrons. The van der Waals surface area contributed by atoms with E-state index in [2.05, 4.69) is 0 Å². The lowest BCUT2D eigenvalue weighted by Gasteiger charge is -2.23. The Balaban J connectivity index is 1.83. The molecule has 25 heavy (non-hydrogen) atoms. The van der Waals surface area contributed by atoms with Crippen LogP contribution >= 0.6 is 0 Å². The number of carbonyl (C=O) groups is 2. The molecule has 8 nitrogen and oxygen atoms in total. The number of nitrogens with zero attached hydrogens (tertiary/aromatic N) is 2. The number of carbonyl (C=O) groups excluding carboxylic acids is 2. The highest BCUT2D eigenvalue weighted by atomic mass is 32.2. The van der Waals surface area contributed by atoms with Crippen LogP contribution in [0, 0.1) is 0 Å². The Kier molecular flexibility index (Phi) is 4.46. The summed E-state index contributed by atoms with van der Waals surface area (Å²) in [7, 11) is -5.70. The monoisotopic (exact) mass is 386 g/mol. The molecule has 0 aliphatic carbocycles. The van der Waals surface area contributed by atoms with Crippen molar-refractivity contribution >= 4 is 37.4 Å². The molecule has 0 spiro atoms. The average Bonchev–Trinajstić information content (AvgIpc) is 3.08. The van der Waals surface area contributed by atoms with Gasteiger partial charge in [-0.3, -0.25) is 14.5 Å². The van der Waals surface area contributed by atoms with Gasteiger partial charge in [0.2, 0.25) is 21.8 Å². The Labute approximate surface area is 146 Å². The first kappa shape index (κ1) is 18.0. The van der Waals surface area contributed by atoms with Gasteiger partial charge in [-0.05, 0) is 30.7 Å². The van der Waals surface area contributed by atoms with Gasteiger partial charge in [-0.25, -0.2) is 16.8 Å². The molecule has 0 saturated carbocycles. The number of hydrogen-bond donors (Lipinski definition) is 0. The molecule has 1 atom stereocenters. The third-order valence-electron chi connectivity index (χ3n) is 4.55. The predicted molar refractivity (Wildman–Crippen MR) is 90.2 cm³/mol. The second kappa shape index (κ2) is 6.19. The molecule has 0 bridgehead atoms. The summed E-state index contributed by atoms with van der Waals surface area (Å²) in [5, 5.41) is 0. The first-order chi connectivity index (χ1) is 11.6. The molecule has 2 aliphatic heterocycles. The summed E-state index contributed by atoms with van der Waals surface area (Å²) in [6, 6.07) is 4.88. The van der Waals surface area contributed by atoms with Crippen molar-refractivity contribution < 1.29 is 26.4 Å². The fourth-order valence-electron chi connectivity index (χ4n) is 3.06. The summed E-state index contributed by atoms with van der Waals surface area (Å²) in [6.07, 6.45) is 0.572. The molecule has 2 aliphatic rings. The second-order valence-electron chi connectivity index (χ2n) is 6.19. The SMILES string of the molecule is CN(C1CCS(=O)(=O)C1)S(=O)(=O)c1ccc(N2C(=O)CCC2=O)cc1.